The highest BCUT2D eigenvalue weighted by Crippen LogP contribution is 2.45. The van der Waals surface area contributed by atoms with Gasteiger partial charge in [-0.05, 0) is 32.2 Å². The predicted molar refractivity (Wildman–Crippen MR) is 54.1 cm³/mol. The summed E-state index contributed by atoms with van der Waals surface area (Å²) < 4.78 is 0. The minimum absolute atomic E-state index is 0. The van der Waals surface area contributed by atoms with Crippen LogP contribution in [0.2, 0.25) is 0 Å². The van der Waals surface area contributed by atoms with Gasteiger partial charge in [0.1, 0.15) is 0 Å². The average Bonchev–Trinajstić information content (AvgIpc) is 1.94. The standard InChI is InChI=1S/C9H17NO2.ClH/c10-7-2-1-4-9(8(11)12)5-3-6-9;/h1-7,10H2,(H,11,12);1H. The Morgan fingerprint density at radius 1 is 1.38 bits per heavy atom. The zero-order chi connectivity index (χ0) is 9.03. The molecule has 3 nitrogen and oxygen atoms in total. The molecule has 0 amide bonds. The molecule has 0 spiro atoms. The third kappa shape index (κ3) is 2.85. The minimum atomic E-state index is -0.606. The topological polar surface area (TPSA) is 63.3 Å². The Morgan fingerprint density at radius 3 is 2.31 bits per heavy atom. The van der Waals surface area contributed by atoms with Gasteiger partial charge in [-0.15, -0.1) is 12.4 Å². The molecule has 0 heterocycles. The van der Waals surface area contributed by atoms with Gasteiger partial charge in [0.15, 0.2) is 0 Å². The number of rotatable bonds is 5. The molecule has 0 unspecified atom stereocenters. The van der Waals surface area contributed by atoms with E-state index >= 15 is 0 Å². The van der Waals surface area contributed by atoms with Crippen molar-refractivity contribution in [1.82, 2.24) is 0 Å². The number of carbonyl (C=O) groups is 1. The second-order valence-electron chi connectivity index (χ2n) is 3.68. The zero-order valence-corrected chi connectivity index (χ0v) is 8.61. The summed E-state index contributed by atoms with van der Waals surface area (Å²) in [4.78, 5) is 10.9. The monoisotopic (exact) mass is 207 g/mol. The maximum atomic E-state index is 10.9. The minimum Gasteiger partial charge on any atom is -0.481 e. The van der Waals surface area contributed by atoms with Gasteiger partial charge in [0, 0.05) is 0 Å². The van der Waals surface area contributed by atoms with Crippen LogP contribution in [0.25, 0.3) is 0 Å². The van der Waals surface area contributed by atoms with Gasteiger partial charge < -0.3 is 10.8 Å². The Kier molecular flexibility index (Phi) is 5.33. The summed E-state index contributed by atoms with van der Waals surface area (Å²) in [7, 11) is 0. The summed E-state index contributed by atoms with van der Waals surface area (Å²) in [5.41, 5.74) is 4.98. The summed E-state index contributed by atoms with van der Waals surface area (Å²) >= 11 is 0. The number of unbranched alkanes of at least 4 members (excludes halogenated alkanes) is 1. The van der Waals surface area contributed by atoms with E-state index in [2.05, 4.69) is 0 Å². The van der Waals surface area contributed by atoms with Crippen LogP contribution in [0, 0.1) is 5.41 Å². The van der Waals surface area contributed by atoms with Crippen LogP contribution in [-0.4, -0.2) is 17.6 Å². The highest BCUT2D eigenvalue weighted by atomic mass is 35.5. The molecule has 0 aliphatic heterocycles. The van der Waals surface area contributed by atoms with E-state index in [1.54, 1.807) is 0 Å². The fourth-order valence-electron chi connectivity index (χ4n) is 1.78. The lowest BCUT2D eigenvalue weighted by molar-refractivity contribution is -0.155. The van der Waals surface area contributed by atoms with Gasteiger partial charge in [-0.1, -0.05) is 12.8 Å². The molecule has 1 aliphatic carbocycles. The van der Waals surface area contributed by atoms with E-state index < -0.39 is 5.97 Å². The Balaban J connectivity index is 0.00000144. The summed E-state index contributed by atoms with van der Waals surface area (Å²) in [6.45, 7) is 0.676. The summed E-state index contributed by atoms with van der Waals surface area (Å²) in [5.74, 6) is -0.606. The van der Waals surface area contributed by atoms with Crippen LogP contribution in [0.1, 0.15) is 38.5 Å². The zero-order valence-electron chi connectivity index (χ0n) is 7.79. The first-order chi connectivity index (χ1) is 5.71. The van der Waals surface area contributed by atoms with Crippen LogP contribution >= 0.6 is 12.4 Å². The van der Waals surface area contributed by atoms with Gasteiger partial charge >= 0.3 is 5.97 Å². The quantitative estimate of drug-likeness (QED) is 0.676. The molecule has 4 heteroatoms. The lowest BCUT2D eigenvalue weighted by Gasteiger charge is -2.37. The van der Waals surface area contributed by atoms with Crippen LogP contribution in [-0.2, 0) is 4.79 Å². The van der Waals surface area contributed by atoms with Crippen molar-refractivity contribution in [2.45, 2.75) is 38.5 Å². The Hall–Kier alpha value is -0.280. The molecule has 0 radical (unpaired) electrons. The van der Waals surface area contributed by atoms with E-state index in [4.69, 9.17) is 10.8 Å². The molecule has 3 N–H and O–H groups in total. The first-order valence-electron chi connectivity index (χ1n) is 4.65. The van der Waals surface area contributed by atoms with Crippen molar-refractivity contribution >= 4 is 18.4 Å². The van der Waals surface area contributed by atoms with E-state index in [9.17, 15) is 4.79 Å². The molecule has 1 rings (SSSR count). The van der Waals surface area contributed by atoms with Crippen molar-refractivity contribution in [3.8, 4) is 0 Å². The second kappa shape index (κ2) is 5.45. The Labute approximate surface area is 85.1 Å². The predicted octanol–water partition coefficient (Wildman–Crippen LogP) is 1.79. The SMILES string of the molecule is Cl.NCCCCC1(C(=O)O)CCC1. The first-order valence-corrected chi connectivity index (χ1v) is 4.65. The second-order valence-corrected chi connectivity index (χ2v) is 3.68. The van der Waals surface area contributed by atoms with E-state index in [1.165, 1.54) is 0 Å². The average molecular weight is 208 g/mol. The van der Waals surface area contributed by atoms with Crippen LogP contribution in [0.5, 0.6) is 0 Å². The molecule has 0 aromatic heterocycles. The van der Waals surface area contributed by atoms with Crippen molar-refractivity contribution in [2.75, 3.05) is 6.54 Å². The van der Waals surface area contributed by atoms with Crippen molar-refractivity contribution in [2.24, 2.45) is 11.1 Å². The molecule has 1 fully saturated rings. The normalized spacial score (nSPS) is 18.5. The van der Waals surface area contributed by atoms with Gasteiger partial charge in [0.05, 0.1) is 5.41 Å². The lowest BCUT2D eigenvalue weighted by Crippen LogP contribution is -2.37. The molecular formula is C9H18ClNO2. The van der Waals surface area contributed by atoms with Gasteiger partial charge in [-0.3, -0.25) is 4.79 Å². The molecule has 0 aromatic carbocycles. The number of carboxylic acid groups (broad SMARTS) is 1. The van der Waals surface area contributed by atoms with Crippen molar-refractivity contribution in [1.29, 1.82) is 0 Å². The molecule has 1 saturated carbocycles. The van der Waals surface area contributed by atoms with E-state index in [1.807, 2.05) is 0 Å². The number of halogens is 1. The van der Waals surface area contributed by atoms with Crippen LogP contribution in [0.4, 0.5) is 0 Å². The number of hydrogen-bond donors (Lipinski definition) is 2. The molecule has 0 aromatic rings. The molecular weight excluding hydrogens is 190 g/mol. The maximum Gasteiger partial charge on any atom is 0.309 e. The molecule has 0 bridgehead atoms. The van der Waals surface area contributed by atoms with Crippen LogP contribution in [0.15, 0.2) is 0 Å². The van der Waals surface area contributed by atoms with Gasteiger partial charge in [-0.25, -0.2) is 0 Å². The third-order valence-corrected chi connectivity index (χ3v) is 2.87. The summed E-state index contributed by atoms with van der Waals surface area (Å²) in [6, 6.07) is 0. The summed E-state index contributed by atoms with van der Waals surface area (Å²) in [6.07, 6.45) is 5.55. The van der Waals surface area contributed by atoms with Gasteiger partial charge in [0.2, 0.25) is 0 Å². The van der Waals surface area contributed by atoms with Crippen molar-refractivity contribution in [3.63, 3.8) is 0 Å². The number of carboxylic acids is 1. The van der Waals surface area contributed by atoms with Crippen molar-refractivity contribution in [3.05, 3.63) is 0 Å². The molecule has 78 valence electrons. The molecule has 0 saturated heterocycles. The van der Waals surface area contributed by atoms with Gasteiger partial charge in [0.25, 0.3) is 0 Å². The fraction of sp³-hybridized carbons (Fsp3) is 0.889. The smallest absolute Gasteiger partial charge is 0.309 e. The maximum absolute atomic E-state index is 10.9. The Morgan fingerprint density at radius 2 is 2.00 bits per heavy atom. The summed E-state index contributed by atoms with van der Waals surface area (Å²) in [5, 5.41) is 8.95. The number of hydrogen-bond acceptors (Lipinski definition) is 2. The highest BCUT2D eigenvalue weighted by molar-refractivity contribution is 5.85. The number of aliphatic carboxylic acids is 1. The van der Waals surface area contributed by atoms with E-state index in [-0.39, 0.29) is 17.8 Å². The largest absolute Gasteiger partial charge is 0.481 e. The van der Waals surface area contributed by atoms with Crippen LogP contribution in [0.3, 0.4) is 0 Å². The number of nitrogens with two attached hydrogens (primary N) is 1. The molecule has 1 aliphatic rings. The van der Waals surface area contributed by atoms with Crippen molar-refractivity contribution < 1.29 is 9.90 Å². The van der Waals surface area contributed by atoms with E-state index in [0.29, 0.717) is 6.54 Å². The highest BCUT2D eigenvalue weighted by Gasteiger charge is 2.43. The fourth-order valence-corrected chi connectivity index (χ4v) is 1.78. The van der Waals surface area contributed by atoms with E-state index in [0.717, 1.165) is 38.5 Å². The molecule has 0 atom stereocenters. The third-order valence-electron chi connectivity index (χ3n) is 2.87. The first kappa shape index (κ1) is 12.7. The van der Waals surface area contributed by atoms with Crippen LogP contribution < -0.4 is 5.73 Å². The molecule has 13 heavy (non-hydrogen) atoms. The lowest BCUT2D eigenvalue weighted by atomic mass is 9.66. The van der Waals surface area contributed by atoms with Gasteiger partial charge in [-0.2, -0.15) is 0 Å². The Bertz CT molecular complexity index is 169.